The second-order valence-electron chi connectivity index (χ2n) is 8.11. The van der Waals surface area contributed by atoms with Gasteiger partial charge in [0.05, 0.1) is 0 Å². The zero-order chi connectivity index (χ0) is 20.0. The van der Waals surface area contributed by atoms with Crippen molar-refractivity contribution in [3.8, 4) is 11.1 Å². The number of esters is 1. The van der Waals surface area contributed by atoms with Gasteiger partial charge < -0.3 is 4.74 Å². The van der Waals surface area contributed by atoms with Crippen molar-refractivity contribution in [3.05, 3.63) is 80.5 Å². The summed E-state index contributed by atoms with van der Waals surface area (Å²) >= 11 is 1.52. The van der Waals surface area contributed by atoms with Gasteiger partial charge in [-0.3, -0.25) is 4.79 Å². The number of thiophene rings is 1. The molecule has 1 aromatic heterocycles. The van der Waals surface area contributed by atoms with E-state index in [4.69, 9.17) is 4.74 Å². The fourth-order valence-corrected chi connectivity index (χ4v) is 5.49. The smallest absolute Gasteiger partial charge is 0.348 e. The summed E-state index contributed by atoms with van der Waals surface area (Å²) in [6, 6.07) is 16.0. The summed E-state index contributed by atoms with van der Waals surface area (Å²) in [5, 5.41) is 0. The minimum atomic E-state index is -0.392. The van der Waals surface area contributed by atoms with Crippen molar-refractivity contribution in [2.75, 3.05) is 6.61 Å². The minimum Gasteiger partial charge on any atom is -0.453 e. The summed E-state index contributed by atoms with van der Waals surface area (Å²) < 4.78 is 5.36. The third kappa shape index (κ3) is 3.42. The highest BCUT2D eigenvalue weighted by Gasteiger charge is 2.23. The number of ether oxygens (including phenoxy) is 1. The van der Waals surface area contributed by atoms with Gasteiger partial charge in [-0.15, -0.1) is 11.3 Å². The van der Waals surface area contributed by atoms with E-state index in [9.17, 15) is 9.59 Å². The first-order chi connectivity index (χ1) is 14.1. The summed E-state index contributed by atoms with van der Waals surface area (Å²) in [5.74, 6) is 0.102. The maximum Gasteiger partial charge on any atom is 0.348 e. The SMILES string of the molecule is C[C@H]1CCc2sc(C(=O)OCC(=O)c3ccc4c(c3)-c3ccccc3C4)cc2C1. The van der Waals surface area contributed by atoms with Crippen LogP contribution in [0.3, 0.4) is 0 Å². The summed E-state index contributed by atoms with van der Waals surface area (Å²) in [6.45, 7) is 2.02. The van der Waals surface area contributed by atoms with E-state index >= 15 is 0 Å². The molecule has 0 unspecified atom stereocenters. The van der Waals surface area contributed by atoms with Crippen LogP contribution in [0.15, 0.2) is 48.5 Å². The van der Waals surface area contributed by atoms with E-state index in [0.717, 1.165) is 24.8 Å². The fraction of sp³-hybridized carbons (Fsp3) is 0.280. The molecule has 1 heterocycles. The Hall–Kier alpha value is -2.72. The summed E-state index contributed by atoms with van der Waals surface area (Å²) in [7, 11) is 0. The highest BCUT2D eigenvalue weighted by molar-refractivity contribution is 7.14. The lowest BCUT2D eigenvalue weighted by molar-refractivity contribution is 0.0479. The molecule has 0 bridgehead atoms. The van der Waals surface area contributed by atoms with Crippen LogP contribution in [0, 0.1) is 5.92 Å². The lowest BCUT2D eigenvalue weighted by atomic mass is 9.90. The molecule has 0 amide bonds. The van der Waals surface area contributed by atoms with Gasteiger partial charge in [-0.05, 0) is 71.6 Å². The van der Waals surface area contributed by atoms with Crippen molar-refractivity contribution >= 4 is 23.1 Å². The predicted octanol–water partition coefficient (Wildman–Crippen LogP) is 5.48. The number of Topliss-reactive ketones (excluding diaryl/α,β-unsaturated/α-hetero) is 1. The monoisotopic (exact) mass is 402 g/mol. The van der Waals surface area contributed by atoms with E-state index in [1.54, 1.807) is 0 Å². The zero-order valence-corrected chi connectivity index (χ0v) is 17.2. The van der Waals surface area contributed by atoms with Crippen molar-refractivity contribution in [2.45, 2.75) is 32.6 Å². The summed E-state index contributed by atoms with van der Waals surface area (Å²) in [6.07, 6.45) is 4.12. The Balaban J connectivity index is 1.28. The molecule has 0 saturated heterocycles. The van der Waals surface area contributed by atoms with Gasteiger partial charge in [-0.25, -0.2) is 4.79 Å². The van der Waals surface area contributed by atoms with Gasteiger partial charge in [0, 0.05) is 10.4 Å². The number of carbonyl (C=O) groups excluding carboxylic acids is 2. The Labute approximate surface area is 174 Å². The van der Waals surface area contributed by atoms with E-state index < -0.39 is 5.97 Å². The van der Waals surface area contributed by atoms with Gasteiger partial charge >= 0.3 is 5.97 Å². The van der Waals surface area contributed by atoms with E-state index in [-0.39, 0.29) is 12.4 Å². The lowest BCUT2D eigenvalue weighted by Gasteiger charge is -2.16. The Bertz CT molecular complexity index is 1120. The van der Waals surface area contributed by atoms with Gasteiger partial charge in [-0.1, -0.05) is 43.3 Å². The molecule has 2 aliphatic rings. The molecule has 3 nitrogen and oxygen atoms in total. The van der Waals surface area contributed by atoms with Crippen LogP contribution < -0.4 is 0 Å². The van der Waals surface area contributed by atoms with Crippen LogP contribution in [0.4, 0.5) is 0 Å². The van der Waals surface area contributed by atoms with Gasteiger partial charge in [0.15, 0.2) is 12.4 Å². The van der Waals surface area contributed by atoms with Crippen LogP contribution in [0.5, 0.6) is 0 Å². The number of rotatable bonds is 4. The number of ketones is 1. The van der Waals surface area contributed by atoms with E-state index in [1.165, 1.54) is 44.9 Å². The Kier molecular flexibility index (Phi) is 4.59. The first-order valence-electron chi connectivity index (χ1n) is 10.1. The van der Waals surface area contributed by atoms with Gasteiger partial charge in [0.2, 0.25) is 0 Å². The first-order valence-corrected chi connectivity index (χ1v) is 10.9. The summed E-state index contributed by atoms with van der Waals surface area (Å²) in [5.41, 5.74) is 6.68. The van der Waals surface area contributed by atoms with Crippen LogP contribution in [-0.2, 0) is 24.0 Å². The molecule has 0 saturated carbocycles. The number of hydrogen-bond acceptors (Lipinski definition) is 4. The molecule has 3 aromatic rings. The maximum absolute atomic E-state index is 12.7. The van der Waals surface area contributed by atoms with Crippen molar-refractivity contribution < 1.29 is 14.3 Å². The highest BCUT2D eigenvalue weighted by atomic mass is 32.1. The molecule has 2 aliphatic carbocycles. The average Bonchev–Trinajstić information content (AvgIpc) is 3.32. The molecule has 2 aromatic carbocycles. The standard InChI is InChI=1S/C25H22O3S/c1-15-6-9-23-19(10-15)13-24(29-23)25(27)28-14-22(26)18-8-7-17-11-16-4-2-3-5-20(16)21(17)12-18/h2-5,7-8,12-13,15H,6,9-11,14H2,1H3/t15-/m0/s1. The molecular weight excluding hydrogens is 380 g/mol. The van der Waals surface area contributed by atoms with Gasteiger partial charge in [-0.2, -0.15) is 0 Å². The van der Waals surface area contributed by atoms with E-state index in [1.807, 2.05) is 36.4 Å². The fourth-order valence-electron chi connectivity index (χ4n) is 4.39. The quantitative estimate of drug-likeness (QED) is 0.335. The zero-order valence-electron chi connectivity index (χ0n) is 16.4. The van der Waals surface area contributed by atoms with Crippen molar-refractivity contribution in [1.82, 2.24) is 0 Å². The topological polar surface area (TPSA) is 43.4 Å². The van der Waals surface area contributed by atoms with Crippen molar-refractivity contribution in [1.29, 1.82) is 0 Å². The Morgan fingerprint density at radius 3 is 2.76 bits per heavy atom. The molecule has 0 aliphatic heterocycles. The molecule has 0 fully saturated rings. The third-order valence-electron chi connectivity index (χ3n) is 5.99. The number of carbonyl (C=O) groups is 2. The van der Waals surface area contributed by atoms with Crippen LogP contribution in [0.2, 0.25) is 0 Å². The Morgan fingerprint density at radius 1 is 1.03 bits per heavy atom. The second kappa shape index (κ2) is 7.27. The third-order valence-corrected chi connectivity index (χ3v) is 7.20. The predicted molar refractivity (Wildman–Crippen MR) is 115 cm³/mol. The molecule has 0 radical (unpaired) electrons. The molecule has 146 valence electrons. The molecule has 5 rings (SSSR count). The van der Waals surface area contributed by atoms with Crippen LogP contribution in [0.25, 0.3) is 11.1 Å². The van der Waals surface area contributed by atoms with Crippen LogP contribution >= 0.6 is 11.3 Å². The maximum atomic E-state index is 12.7. The lowest BCUT2D eigenvalue weighted by Crippen LogP contribution is -2.13. The van der Waals surface area contributed by atoms with E-state index in [2.05, 4.69) is 19.1 Å². The Morgan fingerprint density at radius 2 is 1.86 bits per heavy atom. The normalized spacial score (nSPS) is 16.7. The summed E-state index contributed by atoms with van der Waals surface area (Å²) in [4.78, 5) is 27.0. The molecular formula is C25H22O3S. The number of aryl methyl sites for hydroxylation is 1. The average molecular weight is 403 g/mol. The van der Waals surface area contributed by atoms with Gasteiger partial charge in [0.25, 0.3) is 0 Å². The molecule has 0 spiro atoms. The van der Waals surface area contributed by atoms with Crippen LogP contribution in [-0.4, -0.2) is 18.4 Å². The number of benzene rings is 2. The highest BCUT2D eigenvalue weighted by Crippen LogP contribution is 2.37. The first kappa shape index (κ1) is 18.3. The van der Waals surface area contributed by atoms with E-state index in [0.29, 0.717) is 16.4 Å². The van der Waals surface area contributed by atoms with Crippen LogP contribution in [0.1, 0.15) is 54.9 Å². The minimum absolute atomic E-state index is 0.166. The van der Waals surface area contributed by atoms with Gasteiger partial charge in [0.1, 0.15) is 4.88 Å². The number of hydrogen-bond donors (Lipinski definition) is 0. The molecule has 29 heavy (non-hydrogen) atoms. The second-order valence-corrected chi connectivity index (χ2v) is 9.25. The molecule has 0 N–H and O–H groups in total. The molecule has 1 atom stereocenters. The largest absolute Gasteiger partial charge is 0.453 e. The van der Waals surface area contributed by atoms with Crippen molar-refractivity contribution in [3.63, 3.8) is 0 Å². The number of fused-ring (bicyclic) bond motifs is 4. The van der Waals surface area contributed by atoms with Crippen molar-refractivity contribution in [2.24, 2.45) is 5.92 Å². The molecule has 4 heteroatoms.